The second kappa shape index (κ2) is 7.70. The number of nitrogens with zero attached hydrogens (tertiary/aromatic N) is 2. The van der Waals surface area contributed by atoms with E-state index in [1.807, 2.05) is 6.92 Å². The van der Waals surface area contributed by atoms with E-state index in [9.17, 15) is 0 Å². The quantitative estimate of drug-likeness (QED) is 0.868. The fourth-order valence-corrected chi connectivity index (χ4v) is 2.88. The number of ether oxygens (including phenoxy) is 1. The molecule has 4 heteroatoms. The van der Waals surface area contributed by atoms with Gasteiger partial charge in [0, 0.05) is 19.3 Å². The molecule has 1 atom stereocenters. The molecule has 1 aliphatic rings. The van der Waals surface area contributed by atoms with E-state index in [1.165, 1.54) is 24.8 Å². The zero-order valence-electron chi connectivity index (χ0n) is 13.0. The Morgan fingerprint density at radius 1 is 1.30 bits per heavy atom. The number of aromatic nitrogens is 2. The van der Waals surface area contributed by atoms with Crippen molar-refractivity contribution in [1.82, 2.24) is 15.5 Å². The van der Waals surface area contributed by atoms with Crippen LogP contribution in [0.15, 0.2) is 6.07 Å². The van der Waals surface area contributed by atoms with Crippen molar-refractivity contribution in [3.63, 3.8) is 0 Å². The second-order valence-electron chi connectivity index (χ2n) is 5.82. The average Bonchev–Trinajstić information content (AvgIpc) is 2.47. The molecule has 1 fully saturated rings. The molecule has 0 radical (unpaired) electrons. The molecule has 0 spiro atoms. The summed E-state index contributed by atoms with van der Waals surface area (Å²) in [7, 11) is 0. The first-order valence-electron chi connectivity index (χ1n) is 7.82. The van der Waals surface area contributed by atoms with Crippen LogP contribution in [0.5, 0.6) is 0 Å². The summed E-state index contributed by atoms with van der Waals surface area (Å²) >= 11 is 0. The van der Waals surface area contributed by atoms with Crippen LogP contribution in [0, 0.1) is 19.8 Å². The number of hydrogen-bond acceptors (Lipinski definition) is 4. The van der Waals surface area contributed by atoms with Crippen LogP contribution in [0.25, 0.3) is 0 Å². The third-order valence-corrected chi connectivity index (χ3v) is 4.07. The van der Waals surface area contributed by atoms with Crippen molar-refractivity contribution in [3.8, 4) is 0 Å². The van der Waals surface area contributed by atoms with Gasteiger partial charge in [0.2, 0.25) is 0 Å². The van der Waals surface area contributed by atoms with E-state index in [0.29, 0.717) is 6.04 Å². The molecular weight excluding hydrogens is 250 g/mol. The molecule has 1 unspecified atom stereocenters. The summed E-state index contributed by atoms with van der Waals surface area (Å²) in [5.74, 6) is 0.756. The van der Waals surface area contributed by atoms with Crippen LogP contribution >= 0.6 is 0 Å². The Labute approximate surface area is 122 Å². The Hall–Kier alpha value is -1.00. The van der Waals surface area contributed by atoms with Gasteiger partial charge in [-0.05, 0) is 63.6 Å². The van der Waals surface area contributed by atoms with Gasteiger partial charge in [-0.25, -0.2) is 0 Å². The molecule has 1 aromatic rings. The minimum absolute atomic E-state index is 0.396. The van der Waals surface area contributed by atoms with E-state index >= 15 is 0 Å². The zero-order chi connectivity index (χ0) is 14.4. The van der Waals surface area contributed by atoms with Gasteiger partial charge in [0.1, 0.15) is 0 Å². The van der Waals surface area contributed by atoms with E-state index in [1.54, 1.807) is 0 Å². The van der Waals surface area contributed by atoms with Gasteiger partial charge < -0.3 is 10.1 Å². The highest BCUT2D eigenvalue weighted by Crippen LogP contribution is 2.28. The molecule has 0 amide bonds. The van der Waals surface area contributed by atoms with E-state index in [-0.39, 0.29) is 0 Å². The van der Waals surface area contributed by atoms with Crippen molar-refractivity contribution in [1.29, 1.82) is 0 Å². The Morgan fingerprint density at radius 3 is 2.75 bits per heavy atom. The smallest absolute Gasteiger partial charge is 0.0648 e. The summed E-state index contributed by atoms with van der Waals surface area (Å²) in [5.41, 5.74) is 3.37. The van der Waals surface area contributed by atoms with Crippen LogP contribution in [0.2, 0.25) is 0 Å². The van der Waals surface area contributed by atoms with Crippen LogP contribution in [0.4, 0.5) is 0 Å². The van der Waals surface area contributed by atoms with Gasteiger partial charge in [-0.1, -0.05) is 6.92 Å². The molecule has 0 saturated carbocycles. The normalized spacial score (nSPS) is 18.1. The van der Waals surface area contributed by atoms with E-state index in [2.05, 4.69) is 35.4 Å². The number of aryl methyl sites for hydroxylation is 2. The van der Waals surface area contributed by atoms with Crippen molar-refractivity contribution in [3.05, 3.63) is 23.0 Å². The predicted molar refractivity (Wildman–Crippen MR) is 80.7 cm³/mol. The molecule has 0 aliphatic carbocycles. The Kier molecular flexibility index (Phi) is 5.92. The first kappa shape index (κ1) is 15.4. The van der Waals surface area contributed by atoms with Crippen molar-refractivity contribution < 1.29 is 4.74 Å². The van der Waals surface area contributed by atoms with Gasteiger partial charge in [-0.2, -0.15) is 10.2 Å². The SMILES string of the molecule is CCCNC(CC1CCOCC1)c1cc(C)nnc1C. The van der Waals surface area contributed by atoms with Gasteiger partial charge in [0.25, 0.3) is 0 Å². The molecule has 0 aromatic carbocycles. The molecule has 1 N–H and O–H groups in total. The highest BCUT2D eigenvalue weighted by molar-refractivity contribution is 5.23. The van der Waals surface area contributed by atoms with Crippen molar-refractivity contribution in [2.75, 3.05) is 19.8 Å². The Bertz CT molecular complexity index is 416. The van der Waals surface area contributed by atoms with Gasteiger partial charge >= 0.3 is 0 Å². The predicted octanol–water partition coefficient (Wildman–Crippen LogP) is 2.95. The average molecular weight is 277 g/mol. The molecule has 2 rings (SSSR count). The number of rotatable bonds is 6. The second-order valence-corrected chi connectivity index (χ2v) is 5.82. The summed E-state index contributed by atoms with van der Waals surface area (Å²) in [6.07, 6.45) is 4.69. The van der Waals surface area contributed by atoms with Gasteiger partial charge in [-0.3, -0.25) is 0 Å². The van der Waals surface area contributed by atoms with Crippen LogP contribution in [-0.4, -0.2) is 30.0 Å². The summed E-state index contributed by atoms with van der Waals surface area (Å²) in [4.78, 5) is 0. The minimum atomic E-state index is 0.396. The molecule has 4 nitrogen and oxygen atoms in total. The molecule has 20 heavy (non-hydrogen) atoms. The lowest BCUT2D eigenvalue weighted by Crippen LogP contribution is -2.28. The highest BCUT2D eigenvalue weighted by atomic mass is 16.5. The van der Waals surface area contributed by atoms with Crippen molar-refractivity contribution in [2.24, 2.45) is 5.92 Å². The Morgan fingerprint density at radius 2 is 2.05 bits per heavy atom. The number of hydrogen-bond donors (Lipinski definition) is 1. The van der Waals surface area contributed by atoms with Crippen LogP contribution in [0.1, 0.15) is 55.6 Å². The lowest BCUT2D eigenvalue weighted by atomic mass is 9.89. The number of nitrogens with one attached hydrogen (secondary N) is 1. The molecule has 1 aromatic heterocycles. The largest absolute Gasteiger partial charge is 0.381 e. The lowest BCUT2D eigenvalue weighted by molar-refractivity contribution is 0.0605. The fraction of sp³-hybridized carbons (Fsp3) is 0.750. The molecule has 112 valence electrons. The summed E-state index contributed by atoms with van der Waals surface area (Å²) in [6, 6.07) is 2.59. The third-order valence-electron chi connectivity index (χ3n) is 4.07. The summed E-state index contributed by atoms with van der Waals surface area (Å²) < 4.78 is 5.47. The zero-order valence-corrected chi connectivity index (χ0v) is 13.0. The first-order valence-corrected chi connectivity index (χ1v) is 7.82. The van der Waals surface area contributed by atoms with E-state index < -0.39 is 0 Å². The maximum absolute atomic E-state index is 5.47. The highest BCUT2D eigenvalue weighted by Gasteiger charge is 2.22. The summed E-state index contributed by atoms with van der Waals surface area (Å²) in [5, 5.41) is 12.1. The fourth-order valence-electron chi connectivity index (χ4n) is 2.88. The maximum atomic E-state index is 5.47. The molecule has 2 heterocycles. The molecule has 1 aliphatic heterocycles. The Balaban J connectivity index is 2.10. The van der Waals surface area contributed by atoms with Crippen LogP contribution in [0.3, 0.4) is 0 Å². The van der Waals surface area contributed by atoms with Gasteiger partial charge in [0.15, 0.2) is 0 Å². The van der Waals surface area contributed by atoms with Gasteiger partial charge in [0.05, 0.1) is 11.4 Å². The molecular formula is C16H27N3O. The lowest BCUT2D eigenvalue weighted by Gasteiger charge is -2.28. The first-order chi connectivity index (χ1) is 9.70. The monoisotopic (exact) mass is 277 g/mol. The van der Waals surface area contributed by atoms with E-state index in [4.69, 9.17) is 4.74 Å². The van der Waals surface area contributed by atoms with Gasteiger partial charge in [-0.15, -0.1) is 0 Å². The maximum Gasteiger partial charge on any atom is 0.0648 e. The minimum Gasteiger partial charge on any atom is -0.381 e. The topological polar surface area (TPSA) is 47.0 Å². The standard InChI is InChI=1S/C16H27N3O/c1-4-7-17-16(11-14-5-8-20-9-6-14)15-10-12(2)18-19-13(15)3/h10,14,16-17H,4-9,11H2,1-3H3. The summed E-state index contributed by atoms with van der Waals surface area (Å²) in [6.45, 7) is 9.17. The van der Waals surface area contributed by atoms with Crippen LogP contribution < -0.4 is 5.32 Å². The van der Waals surface area contributed by atoms with Crippen molar-refractivity contribution in [2.45, 2.75) is 52.5 Å². The third kappa shape index (κ3) is 4.25. The van der Waals surface area contributed by atoms with Crippen molar-refractivity contribution >= 4 is 0 Å². The molecule has 0 bridgehead atoms. The van der Waals surface area contributed by atoms with E-state index in [0.717, 1.165) is 43.5 Å². The van der Waals surface area contributed by atoms with Crippen LogP contribution in [-0.2, 0) is 4.74 Å². The molecule has 1 saturated heterocycles.